The zero-order valence-electron chi connectivity index (χ0n) is 16.2. The van der Waals surface area contributed by atoms with Gasteiger partial charge >= 0.3 is 0 Å². The summed E-state index contributed by atoms with van der Waals surface area (Å²) in [5.41, 5.74) is 2.93. The van der Waals surface area contributed by atoms with Gasteiger partial charge in [-0.2, -0.15) is 4.31 Å². The van der Waals surface area contributed by atoms with E-state index < -0.39 is 10.0 Å². The molecule has 0 unspecified atom stereocenters. The van der Waals surface area contributed by atoms with Crippen molar-refractivity contribution in [2.24, 2.45) is 0 Å². The molecule has 146 valence electrons. The molecule has 6 nitrogen and oxygen atoms in total. The van der Waals surface area contributed by atoms with Gasteiger partial charge in [-0.15, -0.1) is 0 Å². The minimum Gasteiger partial charge on any atom is -0.495 e. The highest BCUT2D eigenvalue weighted by Crippen LogP contribution is 2.32. The average Bonchev–Trinajstić information content (AvgIpc) is 2.69. The first-order chi connectivity index (χ1) is 12.9. The minimum absolute atomic E-state index is 0.235. The van der Waals surface area contributed by atoms with Crippen molar-refractivity contribution in [3.63, 3.8) is 0 Å². The second kappa shape index (κ2) is 7.78. The van der Waals surface area contributed by atoms with E-state index >= 15 is 0 Å². The van der Waals surface area contributed by atoms with E-state index in [-0.39, 0.29) is 4.90 Å². The molecule has 1 aliphatic rings. The Bertz CT molecular complexity index is 920. The molecule has 1 aliphatic heterocycles. The SMILES string of the molecule is COc1ccccc1N1CCN(S(=O)(=O)c2cc(C)c(C)cc2OC)CC1. The summed E-state index contributed by atoms with van der Waals surface area (Å²) in [7, 11) is -0.468. The van der Waals surface area contributed by atoms with E-state index in [1.165, 1.54) is 11.4 Å². The second-order valence-electron chi connectivity index (χ2n) is 6.65. The lowest BCUT2D eigenvalue weighted by molar-refractivity contribution is 0.370. The lowest BCUT2D eigenvalue weighted by Crippen LogP contribution is -2.48. The van der Waals surface area contributed by atoms with Crippen molar-refractivity contribution in [1.82, 2.24) is 4.31 Å². The fourth-order valence-corrected chi connectivity index (χ4v) is 4.97. The number of aryl methyl sites for hydroxylation is 2. The maximum Gasteiger partial charge on any atom is 0.246 e. The fourth-order valence-electron chi connectivity index (χ4n) is 3.32. The van der Waals surface area contributed by atoms with Crippen LogP contribution in [0.2, 0.25) is 0 Å². The number of hydrogen-bond acceptors (Lipinski definition) is 5. The van der Waals surface area contributed by atoms with E-state index in [9.17, 15) is 8.42 Å². The third-order valence-corrected chi connectivity index (χ3v) is 6.98. The zero-order chi connectivity index (χ0) is 19.6. The molecule has 0 bridgehead atoms. The van der Waals surface area contributed by atoms with Gasteiger partial charge < -0.3 is 14.4 Å². The van der Waals surface area contributed by atoms with Gasteiger partial charge in [0.15, 0.2) is 0 Å². The topological polar surface area (TPSA) is 59.1 Å². The predicted octanol–water partition coefficient (Wildman–Crippen LogP) is 2.83. The first-order valence-corrected chi connectivity index (χ1v) is 10.4. The second-order valence-corrected chi connectivity index (χ2v) is 8.56. The van der Waals surface area contributed by atoms with Crippen molar-refractivity contribution in [3.8, 4) is 11.5 Å². The Hall–Kier alpha value is -2.25. The van der Waals surface area contributed by atoms with Crippen LogP contribution in [0.25, 0.3) is 0 Å². The van der Waals surface area contributed by atoms with Gasteiger partial charge in [-0.1, -0.05) is 12.1 Å². The number of anilines is 1. The van der Waals surface area contributed by atoms with Crippen LogP contribution >= 0.6 is 0 Å². The number of nitrogens with zero attached hydrogens (tertiary/aromatic N) is 2. The summed E-state index contributed by atoms with van der Waals surface area (Å²) >= 11 is 0. The smallest absolute Gasteiger partial charge is 0.246 e. The molecule has 0 aromatic heterocycles. The van der Waals surface area contributed by atoms with Crippen molar-refractivity contribution in [2.75, 3.05) is 45.3 Å². The van der Waals surface area contributed by atoms with Crippen molar-refractivity contribution >= 4 is 15.7 Å². The molecular formula is C20H26N2O4S. The van der Waals surface area contributed by atoms with Gasteiger partial charge in [0.05, 0.1) is 19.9 Å². The van der Waals surface area contributed by atoms with E-state index in [4.69, 9.17) is 9.47 Å². The number of rotatable bonds is 5. The maximum absolute atomic E-state index is 13.2. The van der Waals surface area contributed by atoms with Gasteiger partial charge in [-0.05, 0) is 49.2 Å². The Morgan fingerprint density at radius 3 is 2.07 bits per heavy atom. The average molecular weight is 391 g/mol. The molecule has 7 heteroatoms. The van der Waals surface area contributed by atoms with Crippen LogP contribution in [-0.4, -0.2) is 53.1 Å². The van der Waals surface area contributed by atoms with Crippen molar-refractivity contribution < 1.29 is 17.9 Å². The number of para-hydroxylation sites is 2. The molecule has 0 atom stereocenters. The molecule has 2 aromatic carbocycles. The van der Waals surface area contributed by atoms with Crippen LogP contribution in [0.4, 0.5) is 5.69 Å². The van der Waals surface area contributed by atoms with E-state index in [2.05, 4.69) is 4.90 Å². The molecule has 1 heterocycles. The van der Waals surface area contributed by atoms with Crippen LogP contribution in [0.3, 0.4) is 0 Å². The summed E-state index contributed by atoms with van der Waals surface area (Å²) in [6.45, 7) is 5.89. The molecule has 0 aliphatic carbocycles. The van der Waals surface area contributed by atoms with Crippen LogP contribution in [0.15, 0.2) is 41.3 Å². The first-order valence-electron chi connectivity index (χ1n) is 8.92. The first kappa shape index (κ1) is 19.5. The van der Waals surface area contributed by atoms with Crippen LogP contribution in [0.1, 0.15) is 11.1 Å². The summed E-state index contributed by atoms with van der Waals surface area (Å²) in [5.74, 6) is 1.19. The quantitative estimate of drug-likeness (QED) is 0.786. The van der Waals surface area contributed by atoms with E-state index in [1.807, 2.05) is 38.1 Å². The van der Waals surface area contributed by atoms with Gasteiger partial charge in [0.1, 0.15) is 16.4 Å². The molecule has 0 saturated carbocycles. The summed E-state index contributed by atoms with van der Waals surface area (Å²) < 4.78 is 38.7. The number of piperazine rings is 1. The Kier molecular flexibility index (Phi) is 5.62. The van der Waals surface area contributed by atoms with Crippen LogP contribution in [0, 0.1) is 13.8 Å². The maximum atomic E-state index is 13.2. The highest BCUT2D eigenvalue weighted by atomic mass is 32.2. The van der Waals surface area contributed by atoms with Crippen molar-refractivity contribution in [1.29, 1.82) is 0 Å². The standard InChI is InChI=1S/C20H26N2O4S/c1-15-13-19(26-4)20(14-16(15)2)27(23,24)22-11-9-21(10-12-22)17-7-5-6-8-18(17)25-3/h5-8,13-14H,9-12H2,1-4H3. The summed E-state index contributed by atoms with van der Waals surface area (Å²) in [6.07, 6.45) is 0. The molecule has 0 amide bonds. The van der Waals surface area contributed by atoms with Crippen molar-refractivity contribution in [3.05, 3.63) is 47.5 Å². The minimum atomic E-state index is -3.61. The number of sulfonamides is 1. The summed E-state index contributed by atoms with van der Waals surface area (Å²) in [5, 5.41) is 0. The number of methoxy groups -OCH3 is 2. The molecule has 1 saturated heterocycles. The van der Waals surface area contributed by atoms with Gasteiger partial charge in [-0.25, -0.2) is 8.42 Å². The lowest BCUT2D eigenvalue weighted by Gasteiger charge is -2.36. The fraction of sp³-hybridized carbons (Fsp3) is 0.400. The van der Waals surface area contributed by atoms with E-state index in [1.54, 1.807) is 19.2 Å². The normalized spacial score (nSPS) is 15.6. The molecule has 3 rings (SSSR count). The predicted molar refractivity (Wildman–Crippen MR) is 106 cm³/mol. The van der Waals surface area contributed by atoms with Crippen molar-refractivity contribution in [2.45, 2.75) is 18.7 Å². The largest absolute Gasteiger partial charge is 0.495 e. The Labute approximate surface area is 161 Å². The highest BCUT2D eigenvalue weighted by Gasteiger charge is 2.31. The molecular weight excluding hydrogens is 364 g/mol. The van der Waals surface area contributed by atoms with Crippen LogP contribution < -0.4 is 14.4 Å². The highest BCUT2D eigenvalue weighted by molar-refractivity contribution is 7.89. The van der Waals surface area contributed by atoms with Crippen LogP contribution in [0.5, 0.6) is 11.5 Å². The third kappa shape index (κ3) is 3.75. The molecule has 1 fully saturated rings. The molecule has 2 aromatic rings. The molecule has 27 heavy (non-hydrogen) atoms. The third-order valence-electron chi connectivity index (χ3n) is 5.06. The summed E-state index contributed by atoms with van der Waals surface area (Å²) in [4.78, 5) is 2.39. The number of ether oxygens (including phenoxy) is 2. The lowest BCUT2D eigenvalue weighted by atomic mass is 10.1. The van der Waals surface area contributed by atoms with Gasteiger partial charge in [0, 0.05) is 26.2 Å². The van der Waals surface area contributed by atoms with E-state index in [0.717, 1.165) is 22.6 Å². The zero-order valence-corrected chi connectivity index (χ0v) is 17.0. The van der Waals surface area contributed by atoms with E-state index in [0.29, 0.717) is 31.9 Å². The van der Waals surface area contributed by atoms with Gasteiger partial charge in [0.2, 0.25) is 10.0 Å². The van der Waals surface area contributed by atoms with Gasteiger partial charge in [0.25, 0.3) is 0 Å². The Balaban J connectivity index is 1.82. The molecule has 0 spiro atoms. The van der Waals surface area contributed by atoms with Crippen LogP contribution in [-0.2, 0) is 10.0 Å². The Morgan fingerprint density at radius 2 is 1.44 bits per heavy atom. The summed E-state index contributed by atoms with van der Waals surface area (Å²) in [6, 6.07) is 11.3. The molecule has 0 radical (unpaired) electrons. The number of benzene rings is 2. The van der Waals surface area contributed by atoms with Gasteiger partial charge in [-0.3, -0.25) is 0 Å². The number of hydrogen-bond donors (Lipinski definition) is 0. The Morgan fingerprint density at radius 1 is 0.852 bits per heavy atom. The monoisotopic (exact) mass is 390 g/mol. The molecule has 0 N–H and O–H groups in total.